The summed E-state index contributed by atoms with van der Waals surface area (Å²) in [6.45, 7) is 0.296. The van der Waals surface area contributed by atoms with Gasteiger partial charge in [0.2, 0.25) is 5.91 Å². The van der Waals surface area contributed by atoms with E-state index in [-0.39, 0.29) is 18.1 Å². The van der Waals surface area contributed by atoms with Gasteiger partial charge in [0.25, 0.3) is 0 Å². The van der Waals surface area contributed by atoms with Crippen molar-refractivity contribution in [2.24, 2.45) is 0 Å². The summed E-state index contributed by atoms with van der Waals surface area (Å²) in [5.41, 5.74) is 0.738. The Bertz CT molecular complexity index is 581. The van der Waals surface area contributed by atoms with Gasteiger partial charge < -0.3 is 5.32 Å². The normalized spacial score (nSPS) is 10.1. The summed E-state index contributed by atoms with van der Waals surface area (Å²) in [6, 6.07) is 3.62. The Kier molecular flexibility index (Phi) is 3.81. The molecule has 0 unspecified atom stereocenters. The molecule has 2 rings (SSSR count). The number of nitro groups is 1. The zero-order chi connectivity index (χ0) is 13.7. The van der Waals surface area contributed by atoms with Crippen LogP contribution in [-0.2, 0) is 17.9 Å². The van der Waals surface area contributed by atoms with E-state index in [1.165, 1.54) is 10.9 Å². The van der Waals surface area contributed by atoms with Gasteiger partial charge in [-0.3, -0.25) is 24.6 Å². The minimum Gasteiger partial charge on any atom is -0.350 e. The van der Waals surface area contributed by atoms with Gasteiger partial charge in [-0.05, 0) is 11.6 Å². The van der Waals surface area contributed by atoms with Crippen LogP contribution in [0.3, 0.4) is 0 Å². The van der Waals surface area contributed by atoms with Gasteiger partial charge in [-0.1, -0.05) is 6.07 Å². The fraction of sp³-hybridized carbons (Fsp3) is 0.182. The van der Waals surface area contributed by atoms with Crippen molar-refractivity contribution < 1.29 is 9.72 Å². The molecule has 2 aromatic rings. The first-order valence-electron chi connectivity index (χ1n) is 5.47. The molecule has 2 aromatic heterocycles. The van der Waals surface area contributed by atoms with Gasteiger partial charge in [-0.25, -0.2) is 0 Å². The molecule has 98 valence electrons. The number of nitrogens with one attached hydrogen (secondary N) is 1. The molecule has 0 saturated heterocycles. The number of rotatable bonds is 5. The second kappa shape index (κ2) is 5.71. The van der Waals surface area contributed by atoms with Crippen molar-refractivity contribution >= 4 is 11.6 Å². The number of pyridine rings is 1. The highest BCUT2D eigenvalue weighted by Gasteiger charge is 2.10. The molecule has 0 bridgehead atoms. The van der Waals surface area contributed by atoms with E-state index >= 15 is 0 Å². The third kappa shape index (κ3) is 3.60. The predicted molar refractivity (Wildman–Crippen MR) is 65.0 cm³/mol. The number of nitrogens with zero attached hydrogens (tertiary/aromatic N) is 4. The molecule has 19 heavy (non-hydrogen) atoms. The highest BCUT2D eigenvalue weighted by Crippen LogP contribution is 2.07. The molecule has 1 amide bonds. The number of aromatic nitrogens is 3. The van der Waals surface area contributed by atoms with Gasteiger partial charge in [-0.2, -0.15) is 5.10 Å². The van der Waals surface area contributed by atoms with Gasteiger partial charge in [0.15, 0.2) is 0 Å². The summed E-state index contributed by atoms with van der Waals surface area (Å²) in [4.78, 5) is 25.4. The molecule has 1 N–H and O–H groups in total. The van der Waals surface area contributed by atoms with E-state index in [4.69, 9.17) is 0 Å². The monoisotopic (exact) mass is 261 g/mol. The third-order valence-corrected chi connectivity index (χ3v) is 2.35. The second-order valence-corrected chi connectivity index (χ2v) is 3.79. The van der Waals surface area contributed by atoms with E-state index in [1.54, 1.807) is 18.5 Å². The van der Waals surface area contributed by atoms with Gasteiger partial charge in [0, 0.05) is 18.9 Å². The third-order valence-electron chi connectivity index (χ3n) is 2.35. The van der Waals surface area contributed by atoms with E-state index < -0.39 is 4.92 Å². The lowest BCUT2D eigenvalue weighted by molar-refractivity contribution is -0.385. The lowest BCUT2D eigenvalue weighted by Gasteiger charge is -2.04. The Balaban J connectivity index is 1.85. The lowest BCUT2D eigenvalue weighted by Crippen LogP contribution is -2.27. The standard InChI is InChI=1S/C11H11N5O3/c17-11(13-5-9-2-1-3-12-4-9)8-15-7-10(6-14-15)16(18)19/h1-4,6-7H,5,8H2,(H,13,17). The Hall–Kier alpha value is -2.77. The van der Waals surface area contributed by atoms with Gasteiger partial charge in [0.1, 0.15) is 18.9 Å². The fourth-order valence-corrected chi connectivity index (χ4v) is 1.44. The summed E-state index contributed by atoms with van der Waals surface area (Å²) >= 11 is 0. The molecule has 8 nitrogen and oxygen atoms in total. The maximum atomic E-state index is 11.6. The van der Waals surface area contributed by atoms with Crippen LogP contribution in [0.4, 0.5) is 5.69 Å². The van der Waals surface area contributed by atoms with Crippen LogP contribution in [0.15, 0.2) is 36.9 Å². The van der Waals surface area contributed by atoms with E-state index in [2.05, 4.69) is 15.4 Å². The zero-order valence-corrected chi connectivity index (χ0v) is 9.89. The van der Waals surface area contributed by atoms with Gasteiger partial charge in [-0.15, -0.1) is 0 Å². The van der Waals surface area contributed by atoms with E-state index in [9.17, 15) is 14.9 Å². The van der Waals surface area contributed by atoms with Crippen molar-refractivity contribution in [2.75, 3.05) is 0 Å². The molecule has 0 aliphatic rings. The van der Waals surface area contributed by atoms with Crippen LogP contribution in [-0.4, -0.2) is 25.6 Å². The SMILES string of the molecule is O=C(Cn1cc([N+](=O)[O-])cn1)NCc1cccnc1. The largest absolute Gasteiger partial charge is 0.350 e. The number of amides is 1. The molecule has 0 saturated carbocycles. The smallest absolute Gasteiger partial charge is 0.307 e. The van der Waals surface area contributed by atoms with Crippen LogP contribution in [0, 0.1) is 10.1 Å². The number of hydrogen-bond donors (Lipinski definition) is 1. The van der Waals surface area contributed by atoms with Crippen molar-refractivity contribution in [3.63, 3.8) is 0 Å². The molecule has 8 heteroatoms. The molecular formula is C11H11N5O3. The van der Waals surface area contributed by atoms with Crippen LogP contribution in [0.1, 0.15) is 5.56 Å². The molecule has 0 spiro atoms. The highest BCUT2D eigenvalue weighted by atomic mass is 16.6. The van der Waals surface area contributed by atoms with Crippen LogP contribution < -0.4 is 5.32 Å². The van der Waals surface area contributed by atoms with Crippen molar-refractivity contribution in [3.8, 4) is 0 Å². The quantitative estimate of drug-likeness (QED) is 0.623. The first-order valence-corrected chi connectivity index (χ1v) is 5.47. The van der Waals surface area contributed by atoms with E-state index in [1.807, 2.05) is 6.07 Å². The van der Waals surface area contributed by atoms with Crippen LogP contribution in [0.5, 0.6) is 0 Å². The Labute approximate surface area is 108 Å². The first kappa shape index (κ1) is 12.7. The van der Waals surface area contributed by atoms with Crippen molar-refractivity contribution in [2.45, 2.75) is 13.1 Å². The van der Waals surface area contributed by atoms with Crippen LogP contribution in [0.2, 0.25) is 0 Å². The summed E-state index contributed by atoms with van der Waals surface area (Å²) in [7, 11) is 0. The highest BCUT2D eigenvalue weighted by molar-refractivity contribution is 5.75. The fourth-order valence-electron chi connectivity index (χ4n) is 1.44. The summed E-state index contributed by atoms with van der Waals surface area (Å²) in [6.07, 6.45) is 5.62. The van der Waals surface area contributed by atoms with Crippen LogP contribution in [0.25, 0.3) is 0 Å². The maximum absolute atomic E-state index is 11.6. The van der Waals surface area contributed by atoms with Gasteiger partial charge in [0.05, 0.1) is 4.92 Å². The predicted octanol–water partition coefficient (Wildman–Crippen LogP) is 0.503. The zero-order valence-electron chi connectivity index (χ0n) is 9.89. The van der Waals surface area contributed by atoms with E-state index in [0.717, 1.165) is 11.8 Å². The number of carbonyl (C=O) groups is 1. The molecular weight excluding hydrogens is 250 g/mol. The summed E-state index contributed by atoms with van der Waals surface area (Å²) < 4.78 is 1.22. The molecule has 0 aromatic carbocycles. The van der Waals surface area contributed by atoms with Crippen molar-refractivity contribution in [1.82, 2.24) is 20.1 Å². The minimum atomic E-state index is -0.558. The first-order chi connectivity index (χ1) is 9.15. The topological polar surface area (TPSA) is 103 Å². The average molecular weight is 261 g/mol. The lowest BCUT2D eigenvalue weighted by atomic mass is 10.3. The Morgan fingerprint density at radius 2 is 2.32 bits per heavy atom. The summed E-state index contributed by atoms with van der Waals surface area (Å²) in [5, 5.41) is 16.9. The minimum absolute atomic E-state index is 0.0614. The number of carbonyl (C=O) groups excluding carboxylic acids is 1. The second-order valence-electron chi connectivity index (χ2n) is 3.79. The van der Waals surface area contributed by atoms with E-state index in [0.29, 0.717) is 6.54 Å². The maximum Gasteiger partial charge on any atom is 0.307 e. The van der Waals surface area contributed by atoms with Crippen LogP contribution >= 0.6 is 0 Å². The Morgan fingerprint density at radius 1 is 1.47 bits per heavy atom. The molecule has 0 atom stereocenters. The average Bonchev–Trinajstić information content (AvgIpc) is 2.86. The summed E-state index contributed by atoms with van der Waals surface area (Å²) in [5.74, 6) is -0.276. The molecule has 2 heterocycles. The van der Waals surface area contributed by atoms with Crippen molar-refractivity contribution in [3.05, 3.63) is 52.6 Å². The van der Waals surface area contributed by atoms with Gasteiger partial charge >= 0.3 is 5.69 Å². The Morgan fingerprint density at radius 3 is 2.95 bits per heavy atom. The molecule has 0 aliphatic carbocycles. The van der Waals surface area contributed by atoms with Crippen molar-refractivity contribution in [1.29, 1.82) is 0 Å². The number of hydrogen-bond acceptors (Lipinski definition) is 5. The molecule has 0 fully saturated rings. The molecule has 0 radical (unpaired) electrons. The molecule has 0 aliphatic heterocycles.